The average molecular weight is 552 g/mol. The van der Waals surface area contributed by atoms with E-state index in [4.69, 9.17) is 0 Å². The molecule has 2 unspecified atom stereocenters. The molecule has 0 saturated heterocycles. The summed E-state index contributed by atoms with van der Waals surface area (Å²) >= 11 is 0. The lowest BCUT2D eigenvalue weighted by atomic mass is 9.76. The van der Waals surface area contributed by atoms with Crippen LogP contribution in [0.25, 0.3) is 0 Å². The van der Waals surface area contributed by atoms with Crippen molar-refractivity contribution in [3.63, 3.8) is 0 Å². The van der Waals surface area contributed by atoms with Gasteiger partial charge in [-0.3, -0.25) is 0 Å². The maximum Gasteiger partial charge on any atom is 0.139 e. The van der Waals surface area contributed by atoms with Crippen LogP contribution in [0.5, 0.6) is 0 Å². The van der Waals surface area contributed by atoms with Gasteiger partial charge in [-0.2, -0.15) is 0 Å². The SMILES string of the molecule is CCCCCCCCCCCCCCCCCCC(CCCCCCCCCCC)C(C)(C(=O)[O-])[N+](C)(C)C. The molecule has 0 bridgehead atoms. The van der Waals surface area contributed by atoms with Crippen LogP contribution in [-0.2, 0) is 4.79 Å². The topological polar surface area (TPSA) is 40.1 Å². The number of carbonyl (C=O) groups is 1. The van der Waals surface area contributed by atoms with Crippen molar-refractivity contribution in [2.45, 2.75) is 200 Å². The van der Waals surface area contributed by atoms with E-state index in [-0.39, 0.29) is 5.92 Å². The summed E-state index contributed by atoms with van der Waals surface area (Å²) in [6, 6.07) is 0. The van der Waals surface area contributed by atoms with Crippen LogP contribution < -0.4 is 5.11 Å². The summed E-state index contributed by atoms with van der Waals surface area (Å²) < 4.78 is 0.441. The maximum atomic E-state index is 12.4. The van der Waals surface area contributed by atoms with Gasteiger partial charge in [0.05, 0.1) is 21.1 Å². The molecule has 0 rings (SSSR count). The molecule has 0 N–H and O–H groups in total. The predicted molar refractivity (Wildman–Crippen MR) is 171 cm³/mol. The molecule has 0 aromatic heterocycles. The fourth-order valence-electron chi connectivity index (χ4n) is 6.33. The van der Waals surface area contributed by atoms with Crippen molar-refractivity contribution in [2.75, 3.05) is 21.1 Å². The van der Waals surface area contributed by atoms with Gasteiger partial charge < -0.3 is 14.4 Å². The number of aliphatic carboxylic acids is 1. The van der Waals surface area contributed by atoms with E-state index in [0.717, 1.165) is 25.7 Å². The van der Waals surface area contributed by atoms with E-state index in [1.165, 1.54) is 148 Å². The minimum Gasteiger partial charge on any atom is -0.544 e. The molecule has 0 saturated carbocycles. The second kappa shape index (κ2) is 25.2. The van der Waals surface area contributed by atoms with Crippen molar-refractivity contribution in [3.8, 4) is 0 Å². The van der Waals surface area contributed by atoms with Gasteiger partial charge >= 0.3 is 0 Å². The number of hydrogen-bond acceptors (Lipinski definition) is 2. The second-order valence-corrected chi connectivity index (χ2v) is 13.9. The van der Waals surface area contributed by atoms with Gasteiger partial charge in [0, 0.05) is 5.92 Å². The molecule has 3 heteroatoms. The lowest BCUT2D eigenvalue weighted by molar-refractivity contribution is -0.918. The molecule has 2 atom stereocenters. The third kappa shape index (κ3) is 19.2. The summed E-state index contributed by atoms with van der Waals surface area (Å²) in [6.07, 6.45) is 35.9. The smallest absolute Gasteiger partial charge is 0.139 e. The van der Waals surface area contributed by atoms with Crippen molar-refractivity contribution < 1.29 is 14.4 Å². The van der Waals surface area contributed by atoms with E-state index in [1.54, 1.807) is 0 Å². The highest BCUT2D eigenvalue weighted by molar-refractivity contribution is 5.75. The van der Waals surface area contributed by atoms with Crippen LogP contribution in [0.15, 0.2) is 0 Å². The third-order valence-electron chi connectivity index (χ3n) is 9.66. The molecule has 0 aliphatic heterocycles. The first kappa shape index (κ1) is 38.4. The van der Waals surface area contributed by atoms with E-state index < -0.39 is 11.5 Å². The van der Waals surface area contributed by atoms with Gasteiger partial charge in [0.2, 0.25) is 0 Å². The largest absolute Gasteiger partial charge is 0.544 e. The van der Waals surface area contributed by atoms with Crippen molar-refractivity contribution in [1.29, 1.82) is 0 Å². The third-order valence-corrected chi connectivity index (χ3v) is 9.66. The molecule has 0 amide bonds. The van der Waals surface area contributed by atoms with Crippen LogP contribution in [0, 0.1) is 5.92 Å². The van der Waals surface area contributed by atoms with Gasteiger partial charge in [-0.15, -0.1) is 0 Å². The Morgan fingerprint density at radius 1 is 0.513 bits per heavy atom. The highest BCUT2D eigenvalue weighted by Gasteiger charge is 2.46. The number of quaternary nitrogens is 1. The first-order chi connectivity index (χ1) is 18.7. The molecule has 0 heterocycles. The van der Waals surface area contributed by atoms with Gasteiger partial charge in [-0.25, -0.2) is 0 Å². The summed E-state index contributed by atoms with van der Waals surface area (Å²) in [6.45, 7) is 6.51. The van der Waals surface area contributed by atoms with Crippen molar-refractivity contribution >= 4 is 5.97 Å². The molecule has 234 valence electrons. The standard InChI is InChI=1S/C36H73NO2/c1-7-9-11-13-15-17-18-19-20-21-22-23-25-27-29-31-33-34(36(3,35(38)39)37(4,5)6)32-30-28-26-24-16-14-12-10-8-2/h34H,7-33H2,1-6H3. The Kier molecular flexibility index (Phi) is 24.8. The molecular formula is C36H73NO2. The van der Waals surface area contributed by atoms with Gasteiger partial charge in [0.1, 0.15) is 11.5 Å². The summed E-state index contributed by atoms with van der Waals surface area (Å²) in [7, 11) is 6.10. The number of carboxylic acid groups (broad SMARTS) is 1. The van der Waals surface area contributed by atoms with Crippen LogP contribution in [0.3, 0.4) is 0 Å². The minimum absolute atomic E-state index is 0.193. The van der Waals surface area contributed by atoms with Crippen LogP contribution in [0.1, 0.15) is 194 Å². The molecule has 0 aliphatic carbocycles. The number of carbonyl (C=O) groups excluding carboxylic acids is 1. The van der Waals surface area contributed by atoms with Gasteiger partial charge in [-0.05, 0) is 19.8 Å². The highest BCUT2D eigenvalue weighted by Crippen LogP contribution is 2.35. The number of unbranched alkanes of at least 4 members (excludes halogenated alkanes) is 23. The van der Waals surface area contributed by atoms with Crippen molar-refractivity contribution in [3.05, 3.63) is 0 Å². The number of hydrogen-bond donors (Lipinski definition) is 0. The molecule has 0 aromatic rings. The Morgan fingerprint density at radius 3 is 0.949 bits per heavy atom. The number of rotatable bonds is 30. The molecule has 0 radical (unpaired) electrons. The van der Waals surface area contributed by atoms with Gasteiger partial charge in [0.15, 0.2) is 0 Å². The summed E-state index contributed by atoms with van der Waals surface area (Å²) in [5.74, 6) is -0.675. The fraction of sp³-hybridized carbons (Fsp3) is 0.972. The minimum atomic E-state index is -0.868. The van der Waals surface area contributed by atoms with E-state index in [2.05, 4.69) is 13.8 Å². The van der Waals surface area contributed by atoms with Crippen LogP contribution >= 0.6 is 0 Å². The summed E-state index contributed by atoms with van der Waals surface area (Å²) in [4.78, 5) is 12.4. The first-order valence-electron chi connectivity index (χ1n) is 17.7. The molecule has 0 aromatic carbocycles. The Morgan fingerprint density at radius 2 is 0.744 bits per heavy atom. The zero-order chi connectivity index (χ0) is 29.2. The number of likely N-dealkylation sites (N-methyl/N-ethyl adjacent to an activating group) is 1. The van der Waals surface area contributed by atoms with E-state index in [0.29, 0.717) is 4.48 Å². The van der Waals surface area contributed by atoms with Crippen LogP contribution in [0.4, 0.5) is 0 Å². The Balaban J connectivity index is 4.15. The molecule has 0 aliphatic rings. The Hall–Kier alpha value is -0.570. The molecule has 3 nitrogen and oxygen atoms in total. The van der Waals surface area contributed by atoms with Gasteiger partial charge in [-0.1, -0.05) is 174 Å². The lowest BCUT2D eigenvalue weighted by Crippen LogP contribution is -2.68. The van der Waals surface area contributed by atoms with E-state index >= 15 is 0 Å². The monoisotopic (exact) mass is 552 g/mol. The predicted octanol–water partition coefficient (Wildman–Crippen LogP) is 10.4. The zero-order valence-corrected chi connectivity index (χ0v) is 27.9. The van der Waals surface area contributed by atoms with E-state index in [1.807, 2.05) is 28.1 Å². The van der Waals surface area contributed by atoms with Crippen molar-refractivity contribution in [1.82, 2.24) is 0 Å². The molecule has 0 fully saturated rings. The maximum absolute atomic E-state index is 12.4. The summed E-state index contributed by atoms with van der Waals surface area (Å²) in [5.41, 5.74) is -0.824. The first-order valence-corrected chi connectivity index (χ1v) is 17.7. The van der Waals surface area contributed by atoms with Crippen LogP contribution in [-0.4, -0.2) is 37.1 Å². The zero-order valence-electron chi connectivity index (χ0n) is 27.9. The Bertz CT molecular complexity index is 541. The van der Waals surface area contributed by atoms with Crippen LogP contribution in [0.2, 0.25) is 0 Å². The lowest BCUT2D eigenvalue weighted by Gasteiger charge is -2.49. The highest BCUT2D eigenvalue weighted by atomic mass is 16.4. The number of nitrogens with zero attached hydrogens (tertiary/aromatic N) is 1. The van der Waals surface area contributed by atoms with Gasteiger partial charge in [0.25, 0.3) is 0 Å². The fourth-order valence-corrected chi connectivity index (χ4v) is 6.33. The normalized spacial score (nSPS) is 14.4. The molecule has 0 spiro atoms. The number of carboxylic acids is 1. The second-order valence-electron chi connectivity index (χ2n) is 13.9. The Labute approximate surface area is 246 Å². The molecular weight excluding hydrogens is 478 g/mol. The molecule has 39 heavy (non-hydrogen) atoms. The van der Waals surface area contributed by atoms with Crippen molar-refractivity contribution in [2.24, 2.45) is 5.92 Å². The average Bonchev–Trinajstić information content (AvgIpc) is 2.89. The quantitative estimate of drug-likeness (QED) is 0.0658. The summed E-state index contributed by atoms with van der Waals surface area (Å²) in [5, 5.41) is 12.4. The van der Waals surface area contributed by atoms with E-state index in [9.17, 15) is 9.90 Å².